The number of fused-ring (bicyclic) bond motifs is 2. The van der Waals surface area contributed by atoms with Crippen molar-refractivity contribution in [2.45, 2.75) is 31.3 Å². The first kappa shape index (κ1) is 27.1. The van der Waals surface area contributed by atoms with Crippen LogP contribution in [-0.4, -0.2) is 55.7 Å². The van der Waals surface area contributed by atoms with Crippen LogP contribution in [0.2, 0.25) is 5.02 Å². The monoisotopic (exact) mass is 568 g/mol. The number of benzene rings is 2. The topological polar surface area (TPSA) is 153 Å². The van der Waals surface area contributed by atoms with Crippen molar-refractivity contribution in [1.29, 1.82) is 5.26 Å². The van der Waals surface area contributed by atoms with E-state index < -0.39 is 40.7 Å². The second kappa shape index (κ2) is 10.3. The fourth-order valence-corrected chi connectivity index (χ4v) is 5.72. The van der Waals surface area contributed by atoms with Crippen molar-refractivity contribution in [2.75, 3.05) is 27.6 Å². The average molecular weight is 569 g/mol. The number of carbonyl (C=O) groups excluding carboxylic acids is 3. The number of hydrogen-bond acceptors (Lipinski definition) is 10. The van der Waals surface area contributed by atoms with Crippen molar-refractivity contribution >= 4 is 29.1 Å². The van der Waals surface area contributed by atoms with Crippen molar-refractivity contribution in [2.24, 2.45) is 5.92 Å². The normalized spacial score (nSPS) is 21.5. The van der Waals surface area contributed by atoms with Crippen molar-refractivity contribution in [3.63, 3.8) is 0 Å². The second-order valence-electron chi connectivity index (χ2n) is 9.56. The molecule has 0 bridgehead atoms. The van der Waals surface area contributed by atoms with Crippen LogP contribution < -0.4 is 29.0 Å². The van der Waals surface area contributed by atoms with Gasteiger partial charge >= 0.3 is 0 Å². The van der Waals surface area contributed by atoms with Crippen LogP contribution in [-0.2, 0) is 9.59 Å². The number of nitrogens with zero attached hydrogens (tertiary/aromatic N) is 1. The lowest BCUT2D eigenvalue weighted by molar-refractivity contribution is -0.121. The third kappa shape index (κ3) is 4.07. The Kier molecular flexibility index (Phi) is 6.98. The number of rotatable bonds is 7. The summed E-state index contributed by atoms with van der Waals surface area (Å²) in [6.07, 6.45) is -0.479. The summed E-state index contributed by atoms with van der Waals surface area (Å²) in [5.74, 6) is -2.93. The van der Waals surface area contributed by atoms with Gasteiger partial charge in [0.1, 0.15) is 28.6 Å². The molecule has 11 nitrogen and oxygen atoms in total. The molecule has 0 fully saturated rings. The third-order valence-corrected chi connectivity index (χ3v) is 7.77. The van der Waals surface area contributed by atoms with Crippen LogP contribution in [0.4, 0.5) is 0 Å². The zero-order valence-corrected chi connectivity index (χ0v) is 22.6. The summed E-state index contributed by atoms with van der Waals surface area (Å²) < 4.78 is 27.8. The Labute approximate surface area is 234 Å². The van der Waals surface area contributed by atoms with E-state index in [9.17, 15) is 19.5 Å². The van der Waals surface area contributed by atoms with Gasteiger partial charge in [0, 0.05) is 36.3 Å². The number of Topliss-reactive ketones (excluding diaryl/α,β-unsaturated/α-hetero) is 2. The highest BCUT2D eigenvalue weighted by Crippen LogP contribution is 2.56. The molecule has 2 N–H and O–H groups in total. The zero-order chi connectivity index (χ0) is 28.8. The molecule has 40 heavy (non-hydrogen) atoms. The molecule has 208 valence electrons. The Morgan fingerprint density at radius 3 is 2.65 bits per heavy atom. The number of ether oxygens (including phenoxy) is 5. The van der Waals surface area contributed by atoms with Gasteiger partial charge in [-0.1, -0.05) is 24.6 Å². The minimum absolute atomic E-state index is 0.00479. The molecular formula is C28H25ClN2O9. The quantitative estimate of drug-likeness (QED) is 0.473. The Hall–Kier alpha value is -4.43. The molecule has 2 heterocycles. The highest BCUT2D eigenvalue weighted by atomic mass is 35.5. The van der Waals surface area contributed by atoms with Gasteiger partial charge in [0.25, 0.3) is 0 Å². The summed E-state index contributed by atoms with van der Waals surface area (Å²) in [7, 11) is 2.76. The van der Waals surface area contributed by atoms with E-state index in [1.807, 2.05) is 6.07 Å². The number of methoxy groups -OCH3 is 2. The highest BCUT2D eigenvalue weighted by molar-refractivity contribution is 6.35. The number of nitrogens with one attached hydrogen (secondary N) is 1. The number of carbonyl (C=O) groups is 3. The van der Waals surface area contributed by atoms with Crippen molar-refractivity contribution < 1.29 is 43.2 Å². The number of hydrogen-bond donors (Lipinski definition) is 2. The molecule has 0 aromatic heterocycles. The van der Waals surface area contributed by atoms with Gasteiger partial charge in [0.05, 0.1) is 20.3 Å². The first-order valence-corrected chi connectivity index (χ1v) is 12.7. The summed E-state index contributed by atoms with van der Waals surface area (Å²) in [6.45, 7) is 1.37. The number of aliphatic hydroxyl groups excluding tert-OH is 1. The molecule has 1 spiro atoms. The second-order valence-corrected chi connectivity index (χ2v) is 9.94. The average Bonchev–Trinajstić information content (AvgIpc) is 3.54. The lowest BCUT2D eigenvalue weighted by atomic mass is 9.69. The predicted octanol–water partition coefficient (Wildman–Crippen LogP) is 3.63. The molecule has 0 saturated heterocycles. The number of halogens is 1. The minimum Gasteiger partial charge on any atom is -0.507 e. The van der Waals surface area contributed by atoms with Gasteiger partial charge in [0.15, 0.2) is 28.8 Å². The number of ketones is 2. The Morgan fingerprint density at radius 1 is 1.23 bits per heavy atom. The first-order chi connectivity index (χ1) is 19.2. The largest absolute Gasteiger partial charge is 0.507 e. The summed E-state index contributed by atoms with van der Waals surface area (Å²) in [4.78, 5) is 40.5. The van der Waals surface area contributed by atoms with Gasteiger partial charge in [0.2, 0.25) is 24.1 Å². The molecule has 2 aromatic rings. The van der Waals surface area contributed by atoms with Crippen LogP contribution in [0.15, 0.2) is 35.6 Å². The number of nitriles is 1. The molecule has 3 aliphatic rings. The maximum absolute atomic E-state index is 14.1. The fourth-order valence-electron chi connectivity index (χ4n) is 5.45. The van der Waals surface area contributed by atoms with Crippen molar-refractivity contribution in [3.8, 4) is 34.8 Å². The zero-order valence-electron chi connectivity index (χ0n) is 21.8. The maximum atomic E-state index is 14.1. The fraction of sp³-hybridized carbons (Fsp3) is 0.357. The smallest absolute Gasteiger partial charge is 0.231 e. The van der Waals surface area contributed by atoms with E-state index >= 15 is 0 Å². The van der Waals surface area contributed by atoms with Gasteiger partial charge in [-0.2, -0.15) is 5.26 Å². The molecule has 3 unspecified atom stereocenters. The van der Waals surface area contributed by atoms with Crippen molar-refractivity contribution in [3.05, 3.63) is 51.7 Å². The molecule has 0 saturated carbocycles. The molecular weight excluding hydrogens is 544 g/mol. The van der Waals surface area contributed by atoms with E-state index in [-0.39, 0.29) is 59.6 Å². The molecule has 12 heteroatoms. The van der Waals surface area contributed by atoms with Gasteiger partial charge in [-0.25, -0.2) is 0 Å². The number of amides is 1. The van der Waals surface area contributed by atoms with Crippen LogP contribution in [0.5, 0.6) is 28.7 Å². The van der Waals surface area contributed by atoms with E-state index in [1.165, 1.54) is 20.3 Å². The van der Waals surface area contributed by atoms with Crippen LogP contribution in [0.3, 0.4) is 0 Å². The van der Waals surface area contributed by atoms with E-state index in [1.54, 1.807) is 25.1 Å². The molecule has 1 aliphatic carbocycles. The predicted molar refractivity (Wildman–Crippen MR) is 139 cm³/mol. The molecule has 2 aromatic carbocycles. The Bertz CT molecular complexity index is 1510. The molecule has 2 aliphatic heterocycles. The van der Waals surface area contributed by atoms with Crippen molar-refractivity contribution in [1.82, 2.24) is 5.32 Å². The summed E-state index contributed by atoms with van der Waals surface area (Å²) in [5.41, 5.74) is -1.71. The van der Waals surface area contributed by atoms with Crippen LogP contribution >= 0.6 is 11.6 Å². The molecule has 0 radical (unpaired) electrons. The highest BCUT2D eigenvalue weighted by Gasteiger charge is 2.61. The number of aliphatic hydroxyl groups is 1. The molecule has 3 atom stereocenters. The summed E-state index contributed by atoms with van der Waals surface area (Å²) in [5, 5.41) is 23.2. The van der Waals surface area contributed by atoms with Crippen LogP contribution in [0.1, 0.15) is 41.6 Å². The molecule has 5 rings (SSSR count). The van der Waals surface area contributed by atoms with Gasteiger partial charge in [-0.3, -0.25) is 14.4 Å². The Morgan fingerprint density at radius 2 is 1.95 bits per heavy atom. The van der Waals surface area contributed by atoms with Gasteiger partial charge < -0.3 is 34.1 Å². The molecule has 1 amide bonds. The SMILES string of the molecule is COc1cc(OC)c2c(c1Cl)OC1(C2=O)C(O)=C(C(CC(=O)NCC#N)c2ccc3c(c2)OCO3)C(=O)CC1C. The minimum atomic E-state index is -2.01. The standard InChI is InChI=1S/C28H25ClN2O9/c1-13-8-16(32)22(15(10-21(33)31-7-6-30)14-4-5-17-18(9-14)39-12-38-17)26(34)28(13)27(35)23-19(36-2)11-20(37-3)24(29)25(23)40-28/h4-5,9,11,13,15,34H,7-8,10,12H2,1-3H3,(H,31,33). The maximum Gasteiger partial charge on any atom is 0.231 e. The lowest BCUT2D eigenvalue weighted by Gasteiger charge is -2.38. The van der Waals surface area contributed by atoms with E-state index in [2.05, 4.69) is 5.32 Å². The van der Waals surface area contributed by atoms with E-state index in [0.29, 0.717) is 17.1 Å². The first-order valence-electron chi connectivity index (χ1n) is 12.4. The third-order valence-electron chi connectivity index (χ3n) is 7.41. The Balaban J connectivity index is 1.68. The van der Waals surface area contributed by atoms with Gasteiger partial charge in [-0.15, -0.1) is 0 Å². The van der Waals surface area contributed by atoms with E-state index in [4.69, 9.17) is 40.5 Å². The summed E-state index contributed by atoms with van der Waals surface area (Å²) in [6, 6.07) is 8.16. The van der Waals surface area contributed by atoms with Crippen LogP contribution in [0, 0.1) is 17.2 Å². The lowest BCUT2D eigenvalue weighted by Crippen LogP contribution is -2.53. The summed E-state index contributed by atoms with van der Waals surface area (Å²) >= 11 is 6.51. The van der Waals surface area contributed by atoms with Gasteiger partial charge in [-0.05, 0) is 17.7 Å². The van der Waals surface area contributed by atoms with Crippen LogP contribution in [0.25, 0.3) is 0 Å². The number of allylic oxidation sites excluding steroid dienone is 1. The van der Waals surface area contributed by atoms with E-state index in [0.717, 1.165) is 0 Å².